The lowest BCUT2D eigenvalue weighted by molar-refractivity contribution is -0.146. The molecule has 3 atom stereocenters. The summed E-state index contributed by atoms with van der Waals surface area (Å²) in [5.74, 6) is 0.724. The molecule has 0 aromatic rings. The first-order valence-electron chi connectivity index (χ1n) is 7.26. The summed E-state index contributed by atoms with van der Waals surface area (Å²) in [6.45, 7) is 14.7. The summed E-state index contributed by atoms with van der Waals surface area (Å²) in [5.41, 5.74) is 0.292. The minimum Gasteiger partial charge on any atom is -0.375 e. The summed E-state index contributed by atoms with van der Waals surface area (Å²) >= 11 is 0. The molecule has 0 aromatic heterocycles. The van der Waals surface area contributed by atoms with Crippen molar-refractivity contribution in [1.29, 1.82) is 0 Å². The Bertz CT molecular complexity index is 225. The third-order valence-corrected chi connectivity index (χ3v) is 4.02. The topological polar surface area (TPSA) is 21.3 Å². The van der Waals surface area contributed by atoms with Crippen LogP contribution in [-0.2, 0) is 4.74 Å². The number of hydrogen-bond donors (Lipinski definition) is 1. The molecule has 17 heavy (non-hydrogen) atoms. The van der Waals surface area contributed by atoms with Crippen molar-refractivity contribution in [1.82, 2.24) is 5.32 Å². The Morgan fingerprint density at radius 2 is 1.94 bits per heavy atom. The van der Waals surface area contributed by atoms with E-state index in [-0.39, 0.29) is 0 Å². The third kappa shape index (κ3) is 3.96. The minimum atomic E-state index is 0.292. The largest absolute Gasteiger partial charge is 0.375 e. The third-order valence-electron chi connectivity index (χ3n) is 4.02. The molecular formula is C15H31NO. The highest BCUT2D eigenvalue weighted by atomic mass is 16.5. The molecule has 2 heteroatoms. The molecule has 0 saturated heterocycles. The van der Waals surface area contributed by atoms with Crippen molar-refractivity contribution in [3.8, 4) is 0 Å². The van der Waals surface area contributed by atoms with Crippen LogP contribution in [0.1, 0.15) is 60.8 Å². The van der Waals surface area contributed by atoms with Crippen LogP contribution in [0.15, 0.2) is 0 Å². The second-order valence-electron chi connectivity index (χ2n) is 6.63. The van der Waals surface area contributed by atoms with Gasteiger partial charge in [0.05, 0.1) is 12.2 Å². The molecule has 0 heterocycles. The predicted octanol–water partition coefficient (Wildman–Crippen LogP) is 3.60. The maximum absolute atomic E-state index is 6.18. The van der Waals surface area contributed by atoms with Crippen molar-refractivity contribution in [2.45, 2.75) is 79.1 Å². The fourth-order valence-corrected chi connectivity index (χ4v) is 2.78. The molecule has 2 nitrogen and oxygen atoms in total. The van der Waals surface area contributed by atoms with Gasteiger partial charge in [0.1, 0.15) is 0 Å². The standard InChI is InChI=1S/C15H31NO/c1-7-8-16-13-10-14(15(13,5)6)17-12(4)9-11(2)3/h11-14,16H,7-10H2,1-6H3. The molecule has 1 fully saturated rings. The summed E-state index contributed by atoms with van der Waals surface area (Å²) in [6, 6.07) is 0.638. The summed E-state index contributed by atoms with van der Waals surface area (Å²) < 4.78 is 6.18. The van der Waals surface area contributed by atoms with E-state index >= 15 is 0 Å². The van der Waals surface area contributed by atoms with Crippen molar-refractivity contribution < 1.29 is 4.74 Å². The fourth-order valence-electron chi connectivity index (χ4n) is 2.78. The monoisotopic (exact) mass is 241 g/mol. The molecular weight excluding hydrogens is 210 g/mol. The summed E-state index contributed by atoms with van der Waals surface area (Å²) in [4.78, 5) is 0. The van der Waals surface area contributed by atoms with Crippen LogP contribution in [0.2, 0.25) is 0 Å². The molecule has 0 spiro atoms. The van der Waals surface area contributed by atoms with E-state index in [1.807, 2.05) is 0 Å². The molecule has 1 aliphatic rings. The van der Waals surface area contributed by atoms with Gasteiger partial charge in [0.15, 0.2) is 0 Å². The van der Waals surface area contributed by atoms with Crippen LogP contribution in [0, 0.1) is 11.3 Å². The first kappa shape index (κ1) is 15.0. The van der Waals surface area contributed by atoms with Gasteiger partial charge in [-0.15, -0.1) is 0 Å². The van der Waals surface area contributed by atoms with E-state index < -0.39 is 0 Å². The molecule has 0 radical (unpaired) electrons. The van der Waals surface area contributed by atoms with E-state index in [0.717, 1.165) is 12.5 Å². The van der Waals surface area contributed by atoms with Gasteiger partial charge in [-0.1, -0.05) is 34.6 Å². The van der Waals surface area contributed by atoms with Crippen molar-refractivity contribution in [2.24, 2.45) is 11.3 Å². The number of rotatable bonds is 7. The predicted molar refractivity (Wildman–Crippen MR) is 74.3 cm³/mol. The normalized spacial score (nSPS) is 29.1. The maximum atomic E-state index is 6.18. The highest BCUT2D eigenvalue weighted by Gasteiger charge is 2.49. The molecule has 0 aliphatic heterocycles. The van der Waals surface area contributed by atoms with Crippen molar-refractivity contribution in [3.05, 3.63) is 0 Å². The summed E-state index contributed by atoms with van der Waals surface area (Å²) in [6.07, 6.45) is 4.38. The fraction of sp³-hybridized carbons (Fsp3) is 1.00. The van der Waals surface area contributed by atoms with Crippen LogP contribution >= 0.6 is 0 Å². The lowest BCUT2D eigenvalue weighted by Crippen LogP contribution is -2.61. The second-order valence-corrected chi connectivity index (χ2v) is 6.63. The molecule has 3 unspecified atom stereocenters. The molecule has 102 valence electrons. The SMILES string of the molecule is CCCNC1CC(OC(C)CC(C)C)C1(C)C. The van der Waals surface area contributed by atoms with Crippen molar-refractivity contribution >= 4 is 0 Å². The highest BCUT2D eigenvalue weighted by molar-refractivity contribution is 5.02. The van der Waals surface area contributed by atoms with E-state index in [0.29, 0.717) is 23.7 Å². The smallest absolute Gasteiger partial charge is 0.0659 e. The quantitative estimate of drug-likeness (QED) is 0.735. The molecule has 1 rings (SSSR count). The zero-order valence-corrected chi connectivity index (χ0v) is 12.5. The number of hydrogen-bond acceptors (Lipinski definition) is 2. The van der Waals surface area contributed by atoms with Gasteiger partial charge in [-0.05, 0) is 38.6 Å². The Morgan fingerprint density at radius 3 is 2.41 bits per heavy atom. The van der Waals surface area contributed by atoms with E-state index in [4.69, 9.17) is 4.74 Å². The lowest BCUT2D eigenvalue weighted by Gasteiger charge is -2.53. The zero-order valence-electron chi connectivity index (χ0n) is 12.5. The number of ether oxygens (including phenoxy) is 1. The van der Waals surface area contributed by atoms with Crippen LogP contribution in [-0.4, -0.2) is 24.8 Å². The Hall–Kier alpha value is -0.0800. The van der Waals surface area contributed by atoms with Gasteiger partial charge < -0.3 is 10.1 Å². The Kier molecular flexibility index (Phi) is 5.46. The molecule has 1 N–H and O–H groups in total. The van der Waals surface area contributed by atoms with Gasteiger partial charge >= 0.3 is 0 Å². The van der Waals surface area contributed by atoms with Gasteiger partial charge in [0.2, 0.25) is 0 Å². The zero-order chi connectivity index (χ0) is 13.1. The maximum Gasteiger partial charge on any atom is 0.0659 e. The van der Waals surface area contributed by atoms with E-state index in [2.05, 4.69) is 46.9 Å². The average molecular weight is 241 g/mol. The van der Waals surface area contributed by atoms with Crippen LogP contribution in [0.5, 0.6) is 0 Å². The second kappa shape index (κ2) is 6.19. The summed E-state index contributed by atoms with van der Waals surface area (Å²) in [5, 5.41) is 3.62. The van der Waals surface area contributed by atoms with Crippen LogP contribution < -0.4 is 5.32 Å². The molecule has 0 amide bonds. The Morgan fingerprint density at radius 1 is 1.29 bits per heavy atom. The Balaban J connectivity index is 2.33. The van der Waals surface area contributed by atoms with Crippen LogP contribution in [0.3, 0.4) is 0 Å². The van der Waals surface area contributed by atoms with E-state index in [1.54, 1.807) is 0 Å². The summed E-state index contributed by atoms with van der Waals surface area (Å²) in [7, 11) is 0. The van der Waals surface area contributed by atoms with Crippen molar-refractivity contribution in [2.75, 3.05) is 6.54 Å². The van der Waals surface area contributed by atoms with Gasteiger partial charge in [-0.25, -0.2) is 0 Å². The molecule has 0 bridgehead atoms. The van der Waals surface area contributed by atoms with Crippen molar-refractivity contribution in [3.63, 3.8) is 0 Å². The van der Waals surface area contributed by atoms with E-state index in [9.17, 15) is 0 Å². The van der Waals surface area contributed by atoms with Gasteiger partial charge in [0.25, 0.3) is 0 Å². The van der Waals surface area contributed by atoms with Gasteiger partial charge in [-0.3, -0.25) is 0 Å². The van der Waals surface area contributed by atoms with Gasteiger partial charge in [0, 0.05) is 11.5 Å². The first-order chi connectivity index (χ1) is 7.87. The first-order valence-corrected chi connectivity index (χ1v) is 7.26. The van der Waals surface area contributed by atoms with Crippen LogP contribution in [0.4, 0.5) is 0 Å². The number of nitrogens with one attached hydrogen (secondary N) is 1. The lowest BCUT2D eigenvalue weighted by atomic mass is 9.64. The van der Waals surface area contributed by atoms with E-state index in [1.165, 1.54) is 19.3 Å². The molecule has 1 aliphatic carbocycles. The average Bonchev–Trinajstić information content (AvgIpc) is 2.21. The highest BCUT2D eigenvalue weighted by Crippen LogP contribution is 2.43. The Labute approximate surface area is 108 Å². The molecule has 0 aromatic carbocycles. The van der Waals surface area contributed by atoms with Gasteiger partial charge in [-0.2, -0.15) is 0 Å². The van der Waals surface area contributed by atoms with Crippen LogP contribution in [0.25, 0.3) is 0 Å². The molecule has 1 saturated carbocycles. The minimum absolute atomic E-state index is 0.292.